The molecule has 2 aromatic carbocycles. The number of fused-ring (bicyclic) bond motifs is 1. The minimum atomic E-state index is -0.415. The second-order valence-corrected chi connectivity index (χ2v) is 3.86. The maximum atomic E-state index is 11.3. The Morgan fingerprint density at radius 1 is 1.39 bits per heavy atom. The molecule has 0 aliphatic heterocycles. The van der Waals surface area contributed by atoms with E-state index in [4.69, 9.17) is 5.26 Å². The van der Waals surface area contributed by atoms with Crippen LogP contribution in [0.4, 0.5) is 0 Å². The van der Waals surface area contributed by atoms with Crippen LogP contribution >= 0.6 is 0 Å². The number of rotatable bonds is 2. The average molecular weight is 241 g/mol. The zero-order chi connectivity index (χ0) is 13.1. The number of phenols is 1. The van der Waals surface area contributed by atoms with Crippen LogP contribution in [0.5, 0.6) is 5.75 Å². The molecule has 1 N–H and O–H groups in total. The van der Waals surface area contributed by atoms with Crippen LogP contribution in [-0.2, 0) is 16.0 Å². The number of hydrogen-bond acceptors (Lipinski definition) is 4. The normalized spacial score (nSPS) is 10.0. The number of methoxy groups -OCH3 is 1. The van der Waals surface area contributed by atoms with Crippen molar-refractivity contribution >= 4 is 16.7 Å². The molecule has 4 heteroatoms. The number of aromatic hydroxyl groups is 1. The number of nitriles is 1. The Morgan fingerprint density at radius 3 is 2.83 bits per heavy atom. The minimum absolute atomic E-state index is 0.00553. The fourth-order valence-electron chi connectivity index (χ4n) is 1.85. The largest absolute Gasteiger partial charge is 0.508 e. The second kappa shape index (κ2) is 4.76. The fraction of sp³-hybridized carbons (Fsp3) is 0.143. The predicted octanol–water partition coefficient (Wildman–Crippen LogP) is 2.13. The molecular weight excluding hydrogens is 230 g/mol. The van der Waals surface area contributed by atoms with Crippen LogP contribution in [0.2, 0.25) is 0 Å². The van der Waals surface area contributed by atoms with Crippen LogP contribution in [0, 0.1) is 11.3 Å². The van der Waals surface area contributed by atoms with Gasteiger partial charge in [0, 0.05) is 5.56 Å². The van der Waals surface area contributed by atoms with E-state index in [-0.39, 0.29) is 12.2 Å². The third kappa shape index (κ3) is 2.11. The number of carbonyl (C=O) groups is 1. The summed E-state index contributed by atoms with van der Waals surface area (Å²) in [5.41, 5.74) is 1.06. The first-order valence-electron chi connectivity index (χ1n) is 5.37. The Balaban J connectivity index is 2.60. The van der Waals surface area contributed by atoms with Crippen molar-refractivity contribution in [3.05, 3.63) is 41.5 Å². The van der Waals surface area contributed by atoms with Gasteiger partial charge in [0.1, 0.15) is 5.75 Å². The van der Waals surface area contributed by atoms with Crippen molar-refractivity contribution in [2.75, 3.05) is 7.11 Å². The van der Waals surface area contributed by atoms with Gasteiger partial charge in [-0.3, -0.25) is 4.79 Å². The Kier molecular flexibility index (Phi) is 3.16. The highest BCUT2D eigenvalue weighted by Crippen LogP contribution is 2.28. The van der Waals surface area contributed by atoms with Gasteiger partial charge in [-0.25, -0.2) is 0 Å². The van der Waals surface area contributed by atoms with Crippen LogP contribution in [-0.4, -0.2) is 18.2 Å². The van der Waals surface area contributed by atoms with E-state index in [0.29, 0.717) is 11.1 Å². The highest BCUT2D eigenvalue weighted by molar-refractivity contribution is 5.91. The van der Waals surface area contributed by atoms with E-state index in [2.05, 4.69) is 10.8 Å². The number of benzene rings is 2. The van der Waals surface area contributed by atoms with Crippen molar-refractivity contribution in [3.8, 4) is 11.8 Å². The van der Waals surface area contributed by atoms with Gasteiger partial charge in [-0.05, 0) is 29.0 Å². The van der Waals surface area contributed by atoms with Gasteiger partial charge in [0.25, 0.3) is 0 Å². The van der Waals surface area contributed by atoms with Crippen molar-refractivity contribution in [3.63, 3.8) is 0 Å². The van der Waals surface area contributed by atoms with Gasteiger partial charge < -0.3 is 9.84 Å². The Morgan fingerprint density at radius 2 is 2.17 bits per heavy atom. The van der Waals surface area contributed by atoms with Crippen LogP contribution < -0.4 is 0 Å². The molecule has 2 rings (SSSR count). The van der Waals surface area contributed by atoms with Crippen LogP contribution in [0.15, 0.2) is 30.3 Å². The third-order valence-electron chi connectivity index (χ3n) is 2.78. The van der Waals surface area contributed by atoms with Gasteiger partial charge >= 0.3 is 5.97 Å². The van der Waals surface area contributed by atoms with E-state index in [1.807, 2.05) is 0 Å². The predicted molar refractivity (Wildman–Crippen MR) is 66.0 cm³/mol. The van der Waals surface area contributed by atoms with Gasteiger partial charge in [0.15, 0.2) is 0 Å². The summed E-state index contributed by atoms with van der Waals surface area (Å²) in [6.07, 6.45) is 0.00553. The minimum Gasteiger partial charge on any atom is -0.508 e. The summed E-state index contributed by atoms with van der Waals surface area (Å²) in [6, 6.07) is 10.4. The summed E-state index contributed by atoms with van der Waals surface area (Å²) < 4.78 is 4.60. The maximum absolute atomic E-state index is 11.3. The van der Waals surface area contributed by atoms with Crippen molar-refractivity contribution < 1.29 is 14.6 Å². The first-order valence-corrected chi connectivity index (χ1v) is 5.37. The third-order valence-corrected chi connectivity index (χ3v) is 2.78. The lowest BCUT2D eigenvalue weighted by atomic mass is 9.99. The maximum Gasteiger partial charge on any atom is 0.310 e. The number of nitrogens with zero attached hydrogens (tertiary/aromatic N) is 1. The molecule has 0 heterocycles. The molecule has 0 aromatic heterocycles. The monoisotopic (exact) mass is 241 g/mol. The van der Waals surface area contributed by atoms with Crippen LogP contribution in [0.25, 0.3) is 10.8 Å². The zero-order valence-corrected chi connectivity index (χ0v) is 9.80. The molecule has 0 aliphatic carbocycles. The molecule has 0 fully saturated rings. The zero-order valence-electron chi connectivity index (χ0n) is 9.80. The molecule has 2 aromatic rings. The quantitative estimate of drug-likeness (QED) is 0.817. The Bertz CT molecular complexity index is 656. The molecule has 90 valence electrons. The molecule has 0 spiro atoms. The molecule has 0 radical (unpaired) electrons. The molecule has 0 saturated carbocycles. The van der Waals surface area contributed by atoms with Crippen molar-refractivity contribution in [2.24, 2.45) is 0 Å². The van der Waals surface area contributed by atoms with Gasteiger partial charge in [-0.15, -0.1) is 0 Å². The smallest absolute Gasteiger partial charge is 0.310 e. The van der Waals surface area contributed by atoms with Gasteiger partial charge in [-0.1, -0.05) is 12.1 Å². The highest BCUT2D eigenvalue weighted by atomic mass is 16.5. The molecule has 0 unspecified atom stereocenters. The molecular formula is C14H11NO3. The van der Waals surface area contributed by atoms with Crippen LogP contribution in [0.3, 0.4) is 0 Å². The van der Waals surface area contributed by atoms with E-state index < -0.39 is 5.97 Å². The molecule has 0 amide bonds. The first kappa shape index (κ1) is 11.9. The molecule has 0 saturated heterocycles. The average Bonchev–Trinajstić information content (AvgIpc) is 2.41. The van der Waals surface area contributed by atoms with Gasteiger partial charge in [-0.2, -0.15) is 5.26 Å². The van der Waals surface area contributed by atoms with Crippen molar-refractivity contribution in [1.82, 2.24) is 0 Å². The number of esters is 1. The van der Waals surface area contributed by atoms with E-state index in [1.165, 1.54) is 13.2 Å². The van der Waals surface area contributed by atoms with E-state index in [0.717, 1.165) is 10.8 Å². The molecule has 18 heavy (non-hydrogen) atoms. The number of hydrogen-bond donors (Lipinski definition) is 1. The standard InChI is InChI=1S/C14H11NO3/c1-18-14(17)7-12-11-4-2-9(8-15)6-10(11)3-5-13(12)16/h2-6,16H,7H2,1H3. The van der Waals surface area contributed by atoms with Gasteiger partial charge in [0.2, 0.25) is 0 Å². The molecule has 0 atom stereocenters. The Hall–Kier alpha value is -2.54. The van der Waals surface area contributed by atoms with Gasteiger partial charge in [0.05, 0.1) is 25.2 Å². The first-order chi connectivity index (χ1) is 8.65. The molecule has 0 bridgehead atoms. The summed E-state index contributed by atoms with van der Waals surface area (Å²) in [6.45, 7) is 0. The molecule has 4 nitrogen and oxygen atoms in total. The van der Waals surface area contributed by atoms with E-state index >= 15 is 0 Å². The lowest BCUT2D eigenvalue weighted by molar-refractivity contribution is -0.139. The second-order valence-electron chi connectivity index (χ2n) is 3.86. The number of ether oxygens (including phenoxy) is 1. The molecule has 0 aliphatic rings. The van der Waals surface area contributed by atoms with Crippen molar-refractivity contribution in [1.29, 1.82) is 5.26 Å². The SMILES string of the molecule is COC(=O)Cc1c(O)ccc2cc(C#N)ccc12. The summed E-state index contributed by atoms with van der Waals surface area (Å²) in [5, 5.41) is 20.2. The summed E-state index contributed by atoms with van der Waals surface area (Å²) >= 11 is 0. The lowest BCUT2D eigenvalue weighted by Crippen LogP contribution is -2.05. The number of carbonyl (C=O) groups excluding carboxylic acids is 1. The topological polar surface area (TPSA) is 70.3 Å². The van der Waals surface area contributed by atoms with Crippen LogP contribution in [0.1, 0.15) is 11.1 Å². The summed E-state index contributed by atoms with van der Waals surface area (Å²) in [5.74, 6) is -0.361. The lowest BCUT2D eigenvalue weighted by Gasteiger charge is -2.08. The number of phenolic OH excluding ortho intramolecular Hbond substituents is 1. The fourth-order valence-corrected chi connectivity index (χ4v) is 1.85. The van der Waals surface area contributed by atoms with Crippen molar-refractivity contribution in [2.45, 2.75) is 6.42 Å². The summed E-state index contributed by atoms with van der Waals surface area (Å²) in [4.78, 5) is 11.3. The highest BCUT2D eigenvalue weighted by Gasteiger charge is 2.12. The van der Waals surface area contributed by atoms with E-state index in [1.54, 1.807) is 24.3 Å². The van der Waals surface area contributed by atoms with E-state index in [9.17, 15) is 9.90 Å². The summed E-state index contributed by atoms with van der Waals surface area (Å²) in [7, 11) is 1.30. The Labute approximate surface area is 104 Å².